The van der Waals surface area contributed by atoms with E-state index in [1.807, 2.05) is 6.07 Å². The molecule has 4 rings (SSSR count). The van der Waals surface area contributed by atoms with Gasteiger partial charge in [0.05, 0.1) is 5.41 Å². The minimum atomic E-state index is -0.261. The van der Waals surface area contributed by atoms with E-state index in [0.29, 0.717) is 11.8 Å². The van der Waals surface area contributed by atoms with Gasteiger partial charge in [-0.15, -0.1) is 0 Å². The van der Waals surface area contributed by atoms with Crippen molar-refractivity contribution in [2.45, 2.75) is 33.1 Å². The molecule has 0 unspecified atom stereocenters. The number of para-hydroxylation sites is 1. The summed E-state index contributed by atoms with van der Waals surface area (Å²) < 4.78 is 0. The molecular formula is C21H28N2O. The average Bonchev–Trinajstić information content (AvgIpc) is 3.14. The molecule has 0 aromatic heterocycles. The zero-order chi connectivity index (χ0) is 16.9. The first-order valence-electron chi connectivity index (χ1n) is 9.24. The predicted molar refractivity (Wildman–Crippen MR) is 97.9 cm³/mol. The molecule has 1 aromatic rings. The number of fused-ring (bicyclic) bond motifs is 2. The maximum absolute atomic E-state index is 13.4. The SMILES string of the molecule is C=C1C(C)(C)[C@@H]2CC[C@@]1(C(=O)N1CCN(c3ccccc3)CC1)C2. The predicted octanol–water partition coefficient (Wildman–Crippen LogP) is 3.72. The zero-order valence-corrected chi connectivity index (χ0v) is 14.9. The molecule has 128 valence electrons. The summed E-state index contributed by atoms with van der Waals surface area (Å²) in [5.41, 5.74) is 2.32. The van der Waals surface area contributed by atoms with Crippen LogP contribution >= 0.6 is 0 Å². The summed E-state index contributed by atoms with van der Waals surface area (Å²) in [6.07, 6.45) is 3.22. The van der Waals surface area contributed by atoms with Crippen LogP contribution < -0.4 is 4.90 Å². The van der Waals surface area contributed by atoms with Crippen molar-refractivity contribution < 1.29 is 4.79 Å². The molecule has 3 heteroatoms. The number of amides is 1. The number of rotatable bonds is 2. The van der Waals surface area contributed by atoms with Gasteiger partial charge in [-0.25, -0.2) is 0 Å². The van der Waals surface area contributed by atoms with Crippen LogP contribution in [0.4, 0.5) is 5.69 Å². The van der Waals surface area contributed by atoms with Crippen molar-refractivity contribution >= 4 is 11.6 Å². The van der Waals surface area contributed by atoms with Gasteiger partial charge in [0.1, 0.15) is 0 Å². The van der Waals surface area contributed by atoms with E-state index in [2.05, 4.69) is 54.5 Å². The van der Waals surface area contributed by atoms with E-state index in [-0.39, 0.29) is 10.8 Å². The van der Waals surface area contributed by atoms with E-state index < -0.39 is 0 Å². The van der Waals surface area contributed by atoms with E-state index >= 15 is 0 Å². The van der Waals surface area contributed by atoms with Gasteiger partial charge in [0.2, 0.25) is 5.91 Å². The van der Waals surface area contributed by atoms with Crippen molar-refractivity contribution in [3.8, 4) is 0 Å². The van der Waals surface area contributed by atoms with Crippen LogP contribution in [0.15, 0.2) is 42.5 Å². The Kier molecular flexibility index (Phi) is 3.52. The number of nitrogens with zero attached hydrogens (tertiary/aromatic N) is 2. The van der Waals surface area contributed by atoms with Crippen molar-refractivity contribution in [2.75, 3.05) is 31.1 Å². The Morgan fingerprint density at radius 3 is 2.38 bits per heavy atom. The van der Waals surface area contributed by atoms with E-state index in [0.717, 1.165) is 39.0 Å². The molecule has 2 aliphatic carbocycles. The molecule has 1 saturated heterocycles. The van der Waals surface area contributed by atoms with E-state index in [4.69, 9.17) is 0 Å². The first-order valence-corrected chi connectivity index (χ1v) is 9.24. The van der Waals surface area contributed by atoms with E-state index in [1.54, 1.807) is 0 Å². The number of anilines is 1. The fourth-order valence-corrected chi connectivity index (χ4v) is 5.23. The van der Waals surface area contributed by atoms with E-state index in [9.17, 15) is 4.79 Å². The fraction of sp³-hybridized carbons (Fsp3) is 0.571. The summed E-state index contributed by atoms with van der Waals surface area (Å²) in [5, 5.41) is 0. The molecule has 3 aliphatic rings. The second kappa shape index (κ2) is 5.37. The molecule has 1 amide bonds. The molecule has 2 saturated carbocycles. The normalized spacial score (nSPS) is 31.6. The minimum Gasteiger partial charge on any atom is -0.368 e. The quantitative estimate of drug-likeness (QED) is 0.774. The molecule has 3 nitrogen and oxygen atoms in total. The lowest BCUT2D eigenvalue weighted by Gasteiger charge is -2.42. The average molecular weight is 324 g/mol. The Morgan fingerprint density at radius 2 is 1.79 bits per heavy atom. The van der Waals surface area contributed by atoms with Gasteiger partial charge in [-0.05, 0) is 42.7 Å². The summed E-state index contributed by atoms with van der Waals surface area (Å²) in [7, 11) is 0. The molecule has 0 radical (unpaired) electrons. The highest BCUT2D eigenvalue weighted by atomic mass is 16.2. The van der Waals surface area contributed by atoms with Gasteiger partial charge < -0.3 is 9.80 Å². The maximum Gasteiger partial charge on any atom is 0.233 e. The Hall–Kier alpha value is -1.77. The van der Waals surface area contributed by atoms with Crippen LogP contribution in [0.5, 0.6) is 0 Å². The van der Waals surface area contributed by atoms with E-state index in [1.165, 1.54) is 17.7 Å². The zero-order valence-electron chi connectivity index (χ0n) is 14.9. The molecule has 1 heterocycles. The summed E-state index contributed by atoms with van der Waals surface area (Å²) >= 11 is 0. The Bertz CT molecular complexity index is 658. The van der Waals surface area contributed by atoms with Gasteiger partial charge in [-0.3, -0.25) is 4.79 Å². The summed E-state index contributed by atoms with van der Waals surface area (Å²) in [6.45, 7) is 12.4. The number of hydrogen-bond acceptors (Lipinski definition) is 2. The lowest BCUT2D eigenvalue weighted by atomic mass is 9.68. The number of piperazine rings is 1. The van der Waals surface area contributed by atoms with Crippen molar-refractivity contribution in [1.82, 2.24) is 4.90 Å². The third-order valence-electron chi connectivity index (χ3n) is 6.99. The summed E-state index contributed by atoms with van der Waals surface area (Å²) in [4.78, 5) is 17.9. The van der Waals surface area contributed by atoms with Gasteiger partial charge in [0.25, 0.3) is 0 Å². The maximum atomic E-state index is 13.4. The largest absolute Gasteiger partial charge is 0.368 e. The summed E-state index contributed by atoms with van der Waals surface area (Å²) in [5.74, 6) is 0.993. The first kappa shape index (κ1) is 15.7. The smallest absolute Gasteiger partial charge is 0.233 e. The second-order valence-electron chi connectivity index (χ2n) is 8.34. The highest BCUT2D eigenvalue weighted by Crippen LogP contribution is 2.65. The molecule has 0 N–H and O–H groups in total. The van der Waals surface area contributed by atoms with Crippen molar-refractivity contribution in [3.63, 3.8) is 0 Å². The van der Waals surface area contributed by atoms with Gasteiger partial charge in [0, 0.05) is 31.9 Å². The molecule has 0 spiro atoms. The van der Waals surface area contributed by atoms with Crippen LogP contribution in [-0.2, 0) is 4.79 Å². The van der Waals surface area contributed by atoms with Crippen LogP contribution in [0, 0.1) is 16.7 Å². The second-order valence-corrected chi connectivity index (χ2v) is 8.34. The monoisotopic (exact) mass is 324 g/mol. The van der Waals surface area contributed by atoms with Crippen LogP contribution in [-0.4, -0.2) is 37.0 Å². The minimum absolute atomic E-state index is 0.125. The van der Waals surface area contributed by atoms with Crippen LogP contribution in [0.2, 0.25) is 0 Å². The van der Waals surface area contributed by atoms with Crippen LogP contribution in [0.25, 0.3) is 0 Å². The molecular weight excluding hydrogens is 296 g/mol. The van der Waals surface area contributed by atoms with Crippen LogP contribution in [0.1, 0.15) is 33.1 Å². The van der Waals surface area contributed by atoms with Gasteiger partial charge in [-0.1, -0.05) is 44.2 Å². The topological polar surface area (TPSA) is 23.6 Å². The lowest BCUT2D eigenvalue weighted by molar-refractivity contribution is -0.140. The fourth-order valence-electron chi connectivity index (χ4n) is 5.23. The molecule has 2 atom stereocenters. The lowest BCUT2D eigenvalue weighted by Crippen LogP contribution is -2.53. The molecule has 1 aliphatic heterocycles. The Morgan fingerprint density at radius 1 is 1.12 bits per heavy atom. The van der Waals surface area contributed by atoms with Crippen molar-refractivity contribution in [1.29, 1.82) is 0 Å². The number of benzene rings is 1. The highest BCUT2D eigenvalue weighted by Gasteiger charge is 2.61. The van der Waals surface area contributed by atoms with Crippen molar-refractivity contribution in [2.24, 2.45) is 16.7 Å². The van der Waals surface area contributed by atoms with Crippen molar-refractivity contribution in [3.05, 3.63) is 42.5 Å². The van der Waals surface area contributed by atoms with Gasteiger partial charge in [-0.2, -0.15) is 0 Å². The highest BCUT2D eigenvalue weighted by molar-refractivity contribution is 5.88. The third kappa shape index (κ3) is 2.13. The molecule has 1 aromatic carbocycles. The first-order chi connectivity index (χ1) is 11.4. The van der Waals surface area contributed by atoms with Crippen LogP contribution in [0.3, 0.4) is 0 Å². The molecule has 3 fully saturated rings. The molecule has 24 heavy (non-hydrogen) atoms. The number of hydrogen-bond donors (Lipinski definition) is 0. The molecule has 2 bridgehead atoms. The van der Waals surface area contributed by atoms with Gasteiger partial charge in [0.15, 0.2) is 0 Å². The third-order valence-corrected chi connectivity index (χ3v) is 6.99. The Balaban J connectivity index is 1.47. The number of carbonyl (C=O) groups is 1. The Labute approximate surface area is 145 Å². The summed E-state index contributed by atoms with van der Waals surface area (Å²) in [6, 6.07) is 10.5. The van der Waals surface area contributed by atoms with Gasteiger partial charge >= 0.3 is 0 Å². The number of carbonyl (C=O) groups excluding carboxylic acids is 1. The standard InChI is InChI=1S/C21H28N2O/c1-16-20(2,3)17-9-10-21(16,15-17)19(24)23-13-11-22(12-14-23)18-7-5-4-6-8-18/h4-8,17H,1,9-15H2,2-3H3/t17-,21-/m1/s1.